The summed E-state index contributed by atoms with van der Waals surface area (Å²) in [5.41, 5.74) is 3.16. The Labute approximate surface area is 126 Å². The third-order valence-electron chi connectivity index (χ3n) is 3.43. The van der Waals surface area contributed by atoms with E-state index in [0.717, 1.165) is 18.5 Å². The number of carbonyl (C=O) groups excluding carboxylic acids is 1. The molecule has 1 aromatic heterocycles. The Morgan fingerprint density at radius 1 is 1.43 bits per heavy atom. The first kappa shape index (κ1) is 15.5. The second-order valence-electron chi connectivity index (χ2n) is 6.26. The molecular weight excluding hydrogens is 264 g/mol. The first-order chi connectivity index (χ1) is 9.90. The molecule has 21 heavy (non-hydrogen) atoms. The summed E-state index contributed by atoms with van der Waals surface area (Å²) in [6, 6.07) is 4.08. The van der Waals surface area contributed by atoms with Crippen molar-refractivity contribution in [1.29, 1.82) is 0 Å². The maximum atomic E-state index is 12.0. The number of carbonyl (C=O) groups is 1. The first-order valence-corrected chi connectivity index (χ1v) is 7.52. The van der Waals surface area contributed by atoms with Crippen LogP contribution < -0.4 is 0 Å². The lowest BCUT2D eigenvalue weighted by atomic mass is 9.97. The zero-order valence-electron chi connectivity index (χ0n) is 13.3. The molecule has 1 aromatic rings. The molecule has 4 nitrogen and oxygen atoms in total. The van der Waals surface area contributed by atoms with Gasteiger partial charge in [0.1, 0.15) is 5.60 Å². The molecular formula is C17H24N2O2. The van der Waals surface area contributed by atoms with Gasteiger partial charge >= 0.3 is 6.09 Å². The minimum atomic E-state index is -0.445. The lowest BCUT2D eigenvalue weighted by Gasteiger charge is -2.29. The molecule has 0 bridgehead atoms. The van der Waals surface area contributed by atoms with Crippen molar-refractivity contribution in [2.24, 2.45) is 0 Å². The highest BCUT2D eigenvalue weighted by Gasteiger charge is 2.24. The van der Waals surface area contributed by atoms with E-state index in [-0.39, 0.29) is 6.09 Å². The topological polar surface area (TPSA) is 42.4 Å². The molecule has 0 atom stereocenters. The van der Waals surface area contributed by atoms with Crippen molar-refractivity contribution in [2.45, 2.75) is 46.1 Å². The molecule has 0 radical (unpaired) electrons. The van der Waals surface area contributed by atoms with Crippen LogP contribution in [-0.4, -0.2) is 34.7 Å². The number of ether oxygens (including phenoxy) is 1. The second-order valence-corrected chi connectivity index (χ2v) is 6.26. The van der Waals surface area contributed by atoms with Crippen molar-refractivity contribution in [3.05, 3.63) is 35.7 Å². The van der Waals surface area contributed by atoms with Crippen molar-refractivity contribution in [3.63, 3.8) is 0 Å². The molecule has 1 aliphatic heterocycles. The molecule has 0 saturated heterocycles. The van der Waals surface area contributed by atoms with E-state index in [1.165, 1.54) is 11.1 Å². The number of hydrogen-bond donors (Lipinski definition) is 0. The van der Waals surface area contributed by atoms with Gasteiger partial charge in [-0.25, -0.2) is 4.79 Å². The van der Waals surface area contributed by atoms with Crippen LogP contribution in [0, 0.1) is 0 Å². The highest BCUT2D eigenvalue weighted by atomic mass is 16.6. The lowest BCUT2D eigenvalue weighted by molar-refractivity contribution is 0.0270. The summed E-state index contributed by atoms with van der Waals surface area (Å²) in [5.74, 6) is 0. The van der Waals surface area contributed by atoms with Crippen molar-refractivity contribution < 1.29 is 9.53 Å². The smallest absolute Gasteiger partial charge is 0.410 e. The summed E-state index contributed by atoms with van der Waals surface area (Å²) in [4.78, 5) is 18.2. The largest absolute Gasteiger partial charge is 0.444 e. The average molecular weight is 288 g/mol. The summed E-state index contributed by atoms with van der Waals surface area (Å²) in [5, 5.41) is 0. The van der Waals surface area contributed by atoms with Gasteiger partial charge < -0.3 is 9.64 Å². The van der Waals surface area contributed by atoms with Gasteiger partial charge in [0.25, 0.3) is 0 Å². The van der Waals surface area contributed by atoms with Crippen LogP contribution in [0.15, 0.2) is 24.4 Å². The fourth-order valence-corrected chi connectivity index (χ4v) is 2.42. The van der Waals surface area contributed by atoms with Crippen molar-refractivity contribution >= 4 is 11.7 Å². The van der Waals surface area contributed by atoms with E-state index in [2.05, 4.69) is 24.1 Å². The monoisotopic (exact) mass is 288 g/mol. The zero-order valence-corrected chi connectivity index (χ0v) is 13.3. The molecule has 2 rings (SSSR count). The van der Waals surface area contributed by atoms with Crippen LogP contribution in [0.2, 0.25) is 0 Å². The highest BCUT2D eigenvalue weighted by Crippen LogP contribution is 2.25. The number of aryl methyl sites for hydroxylation is 1. The third-order valence-corrected chi connectivity index (χ3v) is 3.43. The van der Waals surface area contributed by atoms with Gasteiger partial charge in [-0.3, -0.25) is 4.98 Å². The van der Waals surface area contributed by atoms with Crippen LogP contribution in [0.1, 0.15) is 45.4 Å². The molecule has 4 heteroatoms. The fourth-order valence-electron chi connectivity index (χ4n) is 2.42. The van der Waals surface area contributed by atoms with Crippen LogP contribution in [0.25, 0.3) is 5.57 Å². The van der Waals surface area contributed by atoms with Crippen LogP contribution >= 0.6 is 0 Å². The highest BCUT2D eigenvalue weighted by molar-refractivity contribution is 5.73. The van der Waals surface area contributed by atoms with E-state index in [0.29, 0.717) is 13.1 Å². The third kappa shape index (κ3) is 4.06. The zero-order chi connectivity index (χ0) is 15.5. The molecule has 0 fully saturated rings. The van der Waals surface area contributed by atoms with Crippen molar-refractivity contribution in [2.75, 3.05) is 13.1 Å². The Balaban J connectivity index is 2.07. The number of amides is 1. The second kappa shape index (κ2) is 6.29. The maximum Gasteiger partial charge on any atom is 0.410 e. The van der Waals surface area contributed by atoms with Gasteiger partial charge in [0.2, 0.25) is 0 Å². The average Bonchev–Trinajstić information content (AvgIpc) is 2.45. The van der Waals surface area contributed by atoms with Gasteiger partial charge in [-0.15, -0.1) is 0 Å². The van der Waals surface area contributed by atoms with E-state index in [1.807, 2.05) is 33.0 Å². The van der Waals surface area contributed by atoms with E-state index in [9.17, 15) is 4.79 Å². The molecule has 0 saturated carbocycles. The summed E-state index contributed by atoms with van der Waals surface area (Å²) in [7, 11) is 0. The van der Waals surface area contributed by atoms with Gasteiger partial charge in [-0.05, 0) is 50.8 Å². The van der Waals surface area contributed by atoms with Crippen LogP contribution in [0.4, 0.5) is 4.79 Å². The summed E-state index contributed by atoms with van der Waals surface area (Å²) in [6.07, 6.45) is 5.48. The molecule has 114 valence electrons. The summed E-state index contributed by atoms with van der Waals surface area (Å²) in [6.45, 7) is 9.07. The van der Waals surface area contributed by atoms with Gasteiger partial charge in [0, 0.05) is 25.0 Å². The molecule has 1 aliphatic rings. The summed E-state index contributed by atoms with van der Waals surface area (Å²) < 4.78 is 5.41. The fraction of sp³-hybridized carbons (Fsp3) is 0.529. The lowest BCUT2D eigenvalue weighted by Crippen LogP contribution is -2.39. The number of hydrogen-bond acceptors (Lipinski definition) is 3. The minimum Gasteiger partial charge on any atom is -0.444 e. The molecule has 0 unspecified atom stereocenters. The van der Waals surface area contributed by atoms with E-state index in [1.54, 1.807) is 4.90 Å². The van der Waals surface area contributed by atoms with Crippen LogP contribution in [0.3, 0.4) is 0 Å². The molecule has 1 amide bonds. The van der Waals surface area contributed by atoms with Crippen molar-refractivity contribution in [3.8, 4) is 0 Å². The van der Waals surface area contributed by atoms with Gasteiger partial charge in [0.05, 0.1) is 0 Å². The Morgan fingerprint density at radius 2 is 2.19 bits per heavy atom. The predicted molar refractivity (Wildman–Crippen MR) is 84.0 cm³/mol. The Kier molecular flexibility index (Phi) is 4.66. The van der Waals surface area contributed by atoms with E-state index in [4.69, 9.17) is 4.74 Å². The number of aromatic nitrogens is 1. The molecule has 0 spiro atoms. The Bertz CT molecular complexity index is 544. The van der Waals surface area contributed by atoms with Gasteiger partial charge in [-0.1, -0.05) is 19.1 Å². The van der Waals surface area contributed by atoms with E-state index < -0.39 is 5.60 Å². The maximum absolute atomic E-state index is 12.0. The quantitative estimate of drug-likeness (QED) is 0.834. The normalized spacial score (nSPS) is 15.6. The Morgan fingerprint density at radius 3 is 2.76 bits per heavy atom. The number of nitrogens with zero attached hydrogens (tertiary/aromatic N) is 2. The predicted octanol–water partition coefficient (Wildman–Crippen LogP) is 3.67. The minimum absolute atomic E-state index is 0.236. The standard InChI is InChI=1S/C17H24N2O2/c1-5-15-14(7-6-10-18-15)13-8-11-19(12-9-13)16(20)21-17(2,3)4/h6-8,10H,5,9,11-12H2,1-4H3. The van der Waals surface area contributed by atoms with Crippen molar-refractivity contribution in [1.82, 2.24) is 9.88 Å². The number of pyridine rings is 1. The molecule has 2 heterocycles. The molecule has 0 aromatic carbocycles. The van der Waals surface area contributed by atoms with E-state index >= 15 is 0 Å². The van der Waals surface area contributed by atoms with Crippen LogP contribution in [-0.2, 0) is 11.2 Å². The molecule has 0 aliphatic carbocycles. The molecule has 0 N–H and O–H groups in total. The SMILES string of the molecule is CCc1ncccc1C1=CCN(C(=O)OC(C)(C)C)CC1. The Hall–Kier alpha value is -1.84. The summed E-state index contributed by atoms with van der Waals surface area (Å²) >= 11 is 0. The number of rotatable bonds is 2. The van der Waals surface area contributed by atoms with Crippen LogP contribution in [0.5, 0.6) is 0 Å². The first-order valence-electron chi connectivity index (χ1n) is 7.52. The van der Waals surface area contributed by atoms with Gasteiger partial charge in [-0.2, -0.15) is 0 Å². The van der Waals surface area contributed by atoms with Gasteiger partial charge in [0.15, 0.2) is 0 Å².